The number of imidazole rings is 1. The third-order valence-electron chi connectivity index (χ3n) is 1.60. The predicted octanol–water partition coefficient (Wildman–Crippen LogP) is 1.30. The standard InChI is InChI=1S/C7H13N2.CNS/c1-4-9-5-7(2)8(3)6-9;2-1-3/h5-6H,4H2,1-3H3;/q+1;-1. The zero-order chi connectivity index (χ0) is 9.56. The van der Waals surface area contributed by atoms with E-state index in [4.69, 9.17) is 5.41 Å². The van der Waals surface area contributed by atoms with Crippen molar-refractivity contribution in [1.29, 1.82) is 0 Å². The highest BCUT2D eigenvalue weighted by Crippen LogP contribution is 1.88. The first-order valence-electron chi connectivity index (χ1n) is 3.69. The second-order valence-corrected chi connectivity index (χ2v) is 2.60. The van der Waals surface area contributed by atoms with Gasteiger partial charge in [-0.25, -0.2) is 9.13 Å². The van der Waals surface area contributed by atoms with Crippen LogP contribution in [0.2, 0.25) is 0 Å². The van der Waals surface area contributed by atoms with E-state index in [0.717, 1.165) is 6.54 Å². The number of thiocarbonyl (C=S) groups is 1. The molecule has 1 rings (SSSR count). The molecule has 0 unspecified atom stereocenters. The highest BCUT2D eigenvalue weighted by molar-refractivity contribution is 7.78. The molecule has 3 nitrogen and oxygen atoms in total. The van der Waals surface area contributed by atoms with Gasteiger partial charge in [0.1, 0.15) is 11.9 Å². The van der Waals surface area contributed by atoms with Gasteiger partial charge < -0.3 is 5.41 Å². The zero-order valence-corrected chi connectivity index (χ0v) is 8.43. The molecule has 0 aromatic carbocycles. The van der Waals surface area contributed by atoms with Gasteiger partial charge in [0.15, 0.2) is 0 Å². The average molecular weight is 183 g/mol. The number of isothiocyanates is 1. The molecule has 12 heavy (non-hydrogen) atoms. The first-order valence-corrected chi connectivity index (χ1v) is 4.09. The summed E-state index contributed by atoms with van der Waals surface area (Å²) in [4.78, 5) is 0. The van der Waals surface area contributed by atoms with E-state index in [0.29, 0.717) is 0 Å². The van der Waals surface area contributed by atoms with E-state index in [1.165, 1.54) is 10.9 Å². The Kier molecular flexibility index (Phi) is 5.17. The fourth-order valence-electron chi connectivity index (χ4n) is 0.851. The number of aryl methyl sites for hydroxylation is 3. The van der Waals surface area contributed by atoms with Crippen molar-refractivity contribution in [3.8, 4) is 0 Å². The van der Waals surface area contributed by atoms with E-state index in [9.17, 15) is 0 Å². The van der Waals surface area contributed by atoms with Crippen LogP contribution in [0.3, 0.4) is 0 Å². The molecule has 0 radical (unpaired) electrons. The van der Waals surface area contributed by atoms with Crippen molar-refractivity contribution in [3.05, 3.63) is 23.6 Å². The van der Waals surface area contributed by atoms with Crippen LogP contribution in [0.4, 0.5) is 0 Å². The molecule has 0 fully saturated rings. The Morgan fingerprint density at radius 3 is 2.42 bits per heavy atom. The molecule has 0 saturated heterocycles. The van der Waals surface area contributed by atoms with Gasteiger partial charge in [-0.05, 0) is 6.92 Å². The summed E-state index contributed by atoms with van der Waals surface area (Å²) in [6.45, 7) is 5.30. The Labute approximate surface area is 78.2 Å². The minimum Gasteiger partial charge on any atom is -0.753 e. The van der Waals surface area contributed by atoms with Gasteiger partial charge in [0, 0.05) is 6.92 Å². The summed E-state index contributed by atoms with van der Waals surface area (Å²) in [5.41, 5.74) is 1.30. The zero-order valence-electron chi connectivity index (χ0n) is 7.61. The van der Waals surface area contributed by atoms with Crippen LogP contribution in [0.5, 0.6) is 0 Å². The number of hydrogen-bond donors (Lipinski definition) is 0. The van der Waals surface area contributed by atoms with Crippen molar-refractivity contribution in [2.45, 2.75) is 20.4 Å². The van der Waals surface area contributed by atoms with Crippen molar-refractivity contribution in [2.24, 2.45) is 7.05 Å². The van der Waals surface area contributed by atoms with E-state index in [-0.39, 0.29) is 0 Å². The van der Waals surface area contributed by atoms with Crippen LogP contribution in [0.15, 0.2) is 12.5 Å². The monoisotopic (exact) mass is 183 g/mol. The van der Waals surface area contributed by atoms with Crippen LogP contribution in [-0.4, -0.2) is 9.73 Å². The molecule has 1 aromatic rings. The minimum absolute atomic E-state index is 1.06. The molecule has 1 heterocycles. The lowest BCUT2D eigenvalue weighted by Crippen LogP contribution is -2.28. The Bertz CT molecular complexity index is 252. The Hall–Kier alpha value is -0.990. The highest BCUT2D eigenvalue weighted by atomic mass is 32.1. The number of rotatable bonds is 1. The molecule has 0 aliphatic heterocycles. The van der Waals surface area contributed by atoms with Gasteiger partial charge in [-0.1, -0.05) is 12.2 Å². The minimum atomic E-state index is 1.06. The van der Waals surface area contributed by atoms with E-state index in [1.54, 1.807) is 0 Å². The molecule has 0 bridgehead atoms. The van der Waals surface area contributed by atoms with Gasteiger partial charge in [0.05, 0.1) is 13.6 Å². The summed E-state index contributed by atoms with van der Waals surface area (Å²) in [7, 11) is 2.06. The fraction of sp³-hybridized carbons (Fsp3) is 0.500. The van der Waals surface area contributed by atoms with Crippen LogP contribution in [0.25, 0.3) is 5.41 Å². The summed E-state index contributed by atoms with van der Waals surface area (Å²) in [6, 6.07) is 0. The molecule has 0 atom stereocenters. The normalized spacial score (nSPS) is 8.25. The molecule has 0 amide bonds. The molecule has 0 spiro atoms. The molecular formula is C8H13N3S. The molecule has 4 heteroatoms. The third-order valence-corrected chi connectivity index (χ3v) is 1.60. The lowest BCUT2D eigenvalue weighted by molar-refractivity contribution is -0.693. The van der Waals surface area contributed by atoms with Crippen LogP contribution in [-0.2, 0) is 13.6 Å². The number of nitrogens with zero attached hydrogens (tertiary/aromatic N) is 3. The van der Waals surface area contributed by atoms with Crippen molar-refractivity contribution in [2.75, 3.05) is 0 Å². The maximum absolute atomic E-state index is 7.13. The van der Waals surface area contributed by atoms with E-state index in [1.807, 2.05) is 0 Å². The summed E-state index contributed by atoms with van der Waals surface area (Å²) < 4.78 is 4.28. The van der Waals surface area contributed by atoms with E-state index >= 15 is 0 Å². The second kappa shape index (κ2) is 5.63. The van der Waals surface area contributed by atoms with Crippen LogP contribution >= 0.6 is 12.2 Å². The SMILES string of the molecule is CC[n+]1cc(C)n(C)c1.[N-]=C=S. The van der Waals surface area contributed by atoms with Crippen molar-refractivity contribution >= 4 is 17.4 Å². The molecule has 0 aliphatic rings. The number of aromatic nitrogens is 2. The van der Waals surface area contributed by atoms with Crippen molar-refractivity contribution < 1.29 is 4.57 Å². The summed E-state index contributed by atoms with van der Waals surface area (Å²) >= 11 is 3.70. The van der Waals surface area contributed by atoms with Gasteiger partial charge >= 0.3 is 0 Å². The quantitative estimate of drug-likeness (QED) is 0.367. The van der Waals surface area contributed by atoms with E-state index < -0.39 is 0 Å². The Morgan fingerprint density at radius 2 is 2.25 bits per heavy atom. The lowest BCUT2D eigenvalue weighted by atomic mass is 10.5. The van der Waals surface area contributed by atoms with Gasteiger partial charge in [-0.2, -0.15) is 5.16 Å². The maximum atomic E-state index is 7.13. The van der Waals surface area contributed by atoms with Gasteiger partial charge in [-0.3, -0.25) is 0 Å². The molecule has 0 saturated carbocycles. The van der Waals surface area contributed by atoms with Crippen LogP contribution in [0, 0.1) is 6.92 Å². The first kappa shape index (κ1) is 11.0. The summed E-state index contributed by atoms with van der Waals surface area (Å²) in [6.07, 6.45) is 4.23. The topological polar surface area (TPSA) is 31.1 Å². The Morgan fingerprint density at radius 1 is 1.75 bits per heavy atom. The van der Waals surface area contributed by atoms with Crippen molar-refractivity contribution in [3.63, 3.8) is 0 Å². The molecular weight excluding hydrogens is 170 g/mol. The van der Waals surface area contributed by atoms with E-state index in [2.05, 4.69) is 54.8 Å². The predicted molar refractivity (Wildman–Crippen MR) is 52.0 cm³/mol. The fourth-order valence-corrected chi connectivity index (χ4v) is 0.851. The highest BCUT2D eigenvalue weighted by Gasteiger charge is 2.00. The summed E-state index contributed by atoms with van der Waals surface area (Å²) in [5, 5.41) is 8.47. The third kappa shape index (κ3) is 3.42. The van der Waals surface area contributed by atoms with Crippen molar-refractivity contribution in [1.82, 2.24) is 4.57 Å². The average Bonchev–Trinajstić information content (AvgIpc) is 2.33. The summed E-state index contributed by atoms with van der Waals surface area (Å²) in [5.74, 6) is 0. The van der Waals surface area contributed by atoms with Gasteiger partial charge in [0.2, 0.25) is 6.33 Å². The largest absolute Gasteiger partial charge is 0.753 e. The maximum Gasteiger partial charge on any atom is 0.243 e. The molecule has 0 N–H and O–H groups in total. The smallest absolute Gasteiger partial charge is 0.243 e. The Balaban J connectivity index is 0.000000354. The van der Waals surface area contributed by atoms with Crippen LogP contribution < -0.4 is 4.57 Å². The first-order chi connectivity index (χ1) is 5.65. The molecule has 1 aromatic heterocycles. The van der Waals surface area contributed by atoms with Crippen LogP contribution in [0.1, 0.15) is 12.6 Å². The van der Waals surface area contributed by atoms with Gasteiger partial charge in [0.25, 0.3) is 0 Å². The van der Waals surface area contributed by atoms with Gasteiger partial charge in [-0.15, -0.1) is 0 Å². The number of hydrogen-bond acceptors (Lipinski definition) is 1. The lowest BCUT2D eigenvalue weighted by Gasteiger charge is -1.81. The molecule has 66 valence electrons. The molecule has 0 aliphatic carbocycles. The second-order valence-electron chi connectivity index (χ2n) is 2.42.